The van der Waals surface area contributed by atoms with Gasteiger partial charge >= 0.3 is 5.97 Å². The second-order valence-electron chi connectivity index (χ2n) is 3.75. The highest BCUT2D eigenvalue weighted by Gasteiger charge is 2.07. The van der Waals surface area contributed by atoms with Crippen LogP contribution in [-0.2, 0) is 17.7 Å². The maximum Gasteiger partial charge on any atom is 0.354 e. The SMILES string of the molecule is COC(=O)c1ccc(CNCCc2ncn[nH]2)[nH]1. The van der Waals surface area contributed by atoms with Crippen molar-refractivity contribution in [2.75, 3.05) is 13.7 Å². The number of aromatic nitrogens is 4. The Hall–Kier alpha value is -2.15. The first-order valence-corrected chi connectivity index (χ1v) is 5.61. The lowest BCUT2D eigenvalue weighted by molar-refractivity contribution is 0.0594. The Morgan fingerprint density at radius 1 is 1.50 bits per heavy atom. The summed E-state index contributed by atoms with van der Waals surface area (Å²) in [6.45, 7) is 1.44. The third kappa shape index (κ3) is 3.17. The van der Waals surface area contributed by atoms with E-state index in [2.05, 4.69) is 30.2 Å². The van der Waals surface area contributed by atoms with Crippen LogP contribution in [0.2, 0.25) is 0 Å². The Bertz CT molecular complexity index is 491. The van der Waals surface area contributed by atoms with Gasteiger partial charge in [-0.05, 0) is 12.1 Å². The molecule has 7 nitrogen and oxygen atoms in total. The van der Waals surface area contributed by atoms with Crippen LogP contribution in [0.4, 0.5) is 0 Å². The Balaban J connectivity index is 1.73. The average molecular weight is 249 g/mol. The number of esters is 1. The van der Waals surface area contributed by atoms with Gasteiger partial charge in [0.25, 0.3) is 0 Å². The van der Waals surface area contributed by atoms with Gasteiger partial charge in [-0.15, -0.1) is 0 Å². The fraction of sp³-hybridized carbons (Fsp3) is 0.364. The van der Waals surface area contributed by atoms with Crippen molar-refractivity contribution in [1.29, 1.82) is 0 Å². The first kappa shape index (κ1) is 12.3. The summed E-state index contributed by atoms with van der Waals surface area (Å²) < 4.78 is 4.61. The lowest BCUT2D eigenvalue weighted by atomic mass is 10.4. The van der Waals surface area contributed by atoms with E-state index in [9.17, 15) is 4.79 Å². The van der Waals surface area contributed by atoms with Gasteiger partial charge in [-0.1, -0.05) is 0 Å². The van der Waals surface area contributed by atoms with Crippen LogP contribution in [-0.4, -0.2) is 39.8 Å². The van der Waals surface area contributed by atoms with Gasteiger partial charge in [0, 0.05) is 25.2 Å². The van der Waals surface area contributed by atoms with Crippen molar-refractivity contribution >= 4 is 5.97 Å². The highest BCUT2D eigenvalue weighted by Crippen LogP contribution is 2.03. The molecule has 0 aromatic carbocycles. The number of methoxy groups -OCH3 is 1. The Kier molecular flexibility index (Phi) is 4.08. The minimum absolute atomic E-state index is 0.358. The monoisotopic (exact) mass is 249 g/mol. The molecule has 2 aromatic rings. The van der Waals surface area contributed by atoms with Crippen molar-refractivity contribution in [3.63, 3.8) is 0 Å². The molecule has 0 aliphatic heterocycles. The smallest absolute Gasteiger partial charge is 0.354 e. The summed E-state index contributed by atoms with van der Waals surface area (Å²) in [6, 6.07) is 3.56. The normalized spacial score (nSPS) is 10.5. The van der Waals surface area contributed by atoms with Gasteiger partial charge in [0.15, 0.2) is 0 Å². The zero-order valence-corrected chi connectivity index (χ0v) is 10.1. The second-order valence-corrected chi connectivity index (χ2v) is 3.75. The van der Waals surface area contributed by atoms with E-state index >= 15 is 0 Å². The molecule has 0 aliphatic carbocycles. The molecule has 0 radical (unpaired) electrons. The van der Waals surface area contributed by atoms with Gasteiger partial charge in [-0.2, -0.15) is 5.10 Å². The van der Waals surface area contributed by atoms with E-state index in [0.29, 0.717) is 12.2 Å². The minimum atomic E-state index is -0.358. The molecule has 7 heteroatoms. The van der Waals surface area contributed by atoms with Gasteiger partial charge in [0.2, 0.25) is 0 Å². The molecular weight excluding hydrogens is 234 g/mol. The topological polar surface area (TPSA) is 95.7 Å². The van der Waals surface area contributed by atoms with Gasteiger partial charge in [0.1, 0.15) is 17.8 Å². The maximum absolute atomic E-state index is 11.2. The van der Waals surface area contributed by atoms with E-state index in [4.69, 9.17) is 0 Å². The lowest BCUT2D eigenvalue weighted by Gasteiger charge is -2.01. The number of ether oxygens (including phenoxy) is 1. The first-order valence-electron chi connectivity index (χ1n) is 5.61. The van der Waals surface area contributed by atoms with Crippen molar-refractivity contribution in [2.24, 2.45) is 0 Å². The molecule has 0 unspecified atom stereocenters. The zero-order chi connectivity index (χ0) is 12.8. The fourth-order valence-electron chi connectivity index (χ4n) is 1.55. The summed E-state index contributed by atoms with van der Waals surface area (Å²) >= 11 is 0. The van der Waals surface area contributed by atoms with E-state index in [1.165, 1.54) is 13.4 Å². The molecule has 0 fully saturated rings. The maximum atomic E-state index is 11.2. The van der Waals surface area contributed by atoms with Crippen LogP contribution in [0.1, 0.15) is 22.0 Å². The van der Waals surface area contributed by atoms with E-state index in [-0.39, 0.29) is 5.97 Å². The van der Waals surface area contributed by atoms with Gasteiger partial charge in [-0.25, -0.2) is 9.78 Å². The molecule has 0 spiro atoms. The fourth-order valence-corrected chi connectivity index (χ4v) is 1.55. The van der Waals surface area contributed by atoms with E-state index < -0.39 is 0 Å². The third-order valence-corrected chi connectivity index (χ3v) is 2.47. The summed E-state index contributed by atoms with van der Waals surface area (Å²) in [4.78, 5) is 18.2. The molecule has 0 aliphatic rings. The molecule has 0 saturated heterocycles. The number of carbonyl (C=O) groups is 1. The Morgan fingerprint density at radius 2 is 2.39 bits per heavy atom. The molecule has 2 rings (SSSR count). The lowest BCUT2D eigenvalue weighted by Crippen LogP contribution is -2.17. The number of rotatable bonds is 6. The quantitative estimate of drug-likeness (QED) is 0.504. The molecule has 96 valence electrons. The van der Waals surface area contributed by atoms with Crippen LogP contribution < -0.4 is 5.32 Å². The van der Waals surface area contributed by atoms with Gasteiger partial charge in [-0.3, -0.25) is 5.10 Å². The highest BCUT2D eigenvalue weighted by atomic mass is 16.5. The molecule has 2 aromatic heterocycles. The van der Waals surface area contributed by atoms with Crippen LogP contribution in [0.5, 0.6) is 0 Å². The van der Waals surface area contributed by atoms with Crippen LogP contribution in [0, 0.1) is 0 Å². The Labute approximate surface area is 104 Å². The van der Waals surface area contributed by atoms with Crippen molar-refractivity contribution in [2.45, 2.75) is 13.0 Å². The number of nitrogens with zero attached hydrogens (tertiary/aromatic N) is 2. The minimum Gasteiger partial charge on any atom is -0.464 e. The molecule has 0 amide bonds. The summed E-state index contributed by atoms with van der Waals surface area (Å²) in [5.74, 6) is 0.493. The molecule has 3 N–H and O–H groups in total. The van der Waals surface area contributed by atoms with Crippen LogP contribution in [0.3, 0.4) is 0 Å². The molecule has 18 heavy (non-hydrogen) atoms. The third-order valence-electron chi connectivity index (χ3n) is 2.47. The molecule has 0 bridgehead atoms. The Morgan fingerprint density at radius 3 is 3.11 bits per heavy atom. The van der Waals surface area contributed by atoms with Crippen LogP contribution in [0.25, 0.3) is 0 Å². The molecule has 0 saturated carbocycles. The van der Waals surface area contributed by atoms with Crippen molar-refractivity contribution in [3.8, 4) is 0 Å². The van der Waals surface area contributed by atoms with E-state index in [0.717, 1.165) is 24.5 Å². The molecule has 0 atom stereocenters. The highest BCUT2D eigenvalue weighted by molar-refractivity contribution is 5.87. The first-order chi connectivity index (χ1) is 8.79. The summed E-state index contributed by atoms with van der Waals surface area (Å²) in [5, 5.41) is 9.80. The molecular formula is C11H15N5O2. The van der Waals surface area contributed by atoms with Crippen LogP contribution >= 0.6 is 0 Å². The number of carbonyl (C=O) groups excluding carboxylic acids is 1. The predicted molar refractivity (Wildman–Crippen MR) is 63.9 cm³/mol. The number of hydrogen-bond donors (Lipinski definition) is 3. The number of aromatic amines is 2. The number of nitrogens with one attached hydrogen (secondary N) is 3. The summed E-state index contributed by atoms with van der Waals surface area (Å²) in [6.07, 6.45) is 2.27. The van der Waals surface area contributed by atoms with Gasteiger partial charge < -0.3 is 15.0 Å². The zero-order valence-electron chi connectivity index (χ0n) is 10.1. The second kappa shape index (κ2) is 5.97. The van der Waals surface area contributed by atoms with Crippen molar-refractivity contribution in [1.82, 2.24) is 25.5 Å². The number of H-pyrrole nitrogens is 2. The number of hydrogen-bond acceptors (Lipinski definition) is 5. The summed E-state index contributed by atoms with van der Waals surface area (Å²) in [5.41, 5.74) is 1.40. The van der Waals surface area contributed by atoms with Crippen molar-refractivity contribution < 1.29 is 9.53 Å². The largest absolute Gasteiger partial charge is 0.464 e. The standard InChI is InChI=1S/C11H15N5O2/c1-18-11(17)9-3-2-8(15-9)6-12-5-4-10-13-7-14-16-10/h2-3,7,12,15H,4-6H2,1H3,(H,13,14,16). The predicted octanol–water partition coefficient (Wildman–Crippen LogP) is 0.252. The molecule has 2 heterocycles. The summed E-state index contributed by atoms with van der Waals surface area (Å²) in [7, 11) is 1.36. The average Bonchev–Trinajstić information content (AvgIpc) is 3.05. The van der Waals surface area contributed by atoms with Crippen molar-refractivity contribution in [3.05, 3.63) is 35.7 Å². The van der Waals surface area contributed by atoms with E-state index in [1.807, 2.05) is 6.07 Å². The van der Waals surface area contributed by atoms with Crippen LogP contribution in [0.15, 0.2) is 18.5 Å². The van der Waals surface area contributed by atoms with Gasteiger partial charge in [0.05, 0.1) is 7.11 Å². The van der Waals surface area contributed by atoms with E-state index in [1.54, 1.807) is 6.07 Å².